The number of para-hydroxylation sites is 5. The maximum atomic E-state index is 6.44. The van der Waals surface area contributed by atoms with Gasteiger partial charge in [-0.1, -0.05) is 109 Å². The van der Waals surface area contributed by atoms with Crippen molar-refractivity contribution < 1.29 is 4.42 Å². The van der Waals surface area contributed by atoms with Gasteiger partial charge in [-0.25, -0.2) is 9.97 Å². The molecule has 44 heavy (non-hydrogen) atoms. The lowest BCUT2D eigenvalue weighted by Crippen LogP contribution is -2.01. The Balaban J connectivity index is 1.33. The van der Waals surface area contributed by atoms with Crippen molar-refractivity contribution in [1.82, 2.24) is 14.5 Å². The van der Waals surface area contributed by atoms with Crippen molar-refractivity contribution in [3.05, 3.63) is 152 Å². The number of hydrogen-bond acceptors (Lipinski definition) is 3. The zero-order chi connectivity index (χ0) is 29.0. The molecule has 3 aromatic heterocycles. The van der Waals surface area contributed by atoms with E-state index in [4.69, 9.17) is 14.4 Å². The second kappa shape index (κ2) is 9.79. The van der Waals surface area contributed by atoms with E-state index in [1.165, 1.54) is 10.8 Å². The molecule has 9 aromatic rings. The second-order valence-electron chi connectivity index (χ2n) is 11.0. The number of fused-ring (bicyclic) bond motifs is 6. The Morgan fingerprint density at radius 2 is 1.05 bits per heavy atom. The van der Waals surface area contributed by atoms with Crippen LogP contribution in [0.4, 0.5) is 0 Å². The normalized spacial score (nSPS) is 11.6. The fraction of sp³-hybridized carbons (Fsp3) is 0. The van der Waals surface area contributed by atoms with Crippen molar-refractivity contribution in [2.75, 3.05) is 0 Å². The minimum absolute atomic E-state index is 0.659. The highest BCUT2D eigenvalue weighted by Gasteiger charge is 2.20. The molecule has 206 valence electrons. The van der Waals surface area contributed by atoms with Gasteiger partial charge in [0.1, 0.15) is 11.2 Å². The lowest BCUT2D eigenvalue weighted by Gasteiger charge is -2.15. The summed E-state index contributed by atoms with van der Waals surface area (Å²) in [6, 6.07) is 52.4. The van der Waals surface area contributed by atoms with Crippen molar-refractivity contribution >= 4 is 43.7 Å². The lowest BCUT2D eigenvalue weighted by molar-refractivity contribution is 0.670. The molecule has 3 heterocycles. The van der Waals surface area contributed by atoms with Gasteiger partial charge in [-0.15, -0.1) is 0 Å². The third kappa shape index (κ3) is 3.78. The lowest BCUT2D eigenvalue weighted by atomic mass is 10.0. The number of benzene rings is 6. The first kappa shape index (κ1) is 24.6. The summed E-state index contributed by atoms with van der Waals surface area (Å²) in [5.41, 5.74) is 9.61. The second-order valence-corrected chi connectivity index (χ2v) is 11.0. The highest BCUT2D eigenvalue weighted by molar-refractivity contribution is 6.10. The van der Waals surface area contributed by atoms with Gasteiger partial charge in [-0.05, 0) is 42.5 Å². The summed E-state index contributed by atoms with van der Waals surface area (Å²) >= 11 is 0. The molecular formula is C40H25N3O. The van der Waals surface area contributed by atoms with Crippen molar-refractivity contribution in [2.24, 2.45) is 0 Å². The Bertz CT molecular complexity index is 2450. The summed E-state index contributed by atoms with van der Waals surface area (Å²) in [6.45, 7) is 0. The van der Waals surface area contributed by atoms with Crippen LogP contribution in [0, 0.1) is 0 Å². The van der Waals surface area contributed by atoms with Gasteiger partial charge in [0, 0.05) is 38.2 Å². The van der Waals surface area contributed by atoms with Crippen molar-refractivity contribution in [1.29, 1.82) is 0 Å². The zero-order valence-electron chi connectivity index (χ0n) is 23.7. The molecule has 0 spiro atoms. The summed E-state index contributed by atoms with van der Waals surface area (Å²) in [6.07, 6.45) is 0. The Hall–Kier alpha value is -6.00. The van der Waals surface area contributed by atoms with Crippen LogP contribution in [0.5, 0.6) is 0 Å². The largest absolute Gasteiger partial charge is 0.455 e. The molecule has 0 radical (unpaired) electrons. The van der Waals surface area contributed by atoms with Gasteiger partial charge in [-0.2, -0.15) is 0 Å². The standard InChI is InChI=1S/C40H25N3O/c1-2-13-26(14-3-1)33-25-34(31-20-12-19-30-29-17-7-11-24-38(29)44-39(30)31)42-40(41-33)32-18-6-10-23-37(32)43-35-21-8-4-15-27(35)28-16-5-9-22-36(28)43/h1-25H. The Labute approximate surface area is 253 Å². The smallest absolute Gasteiger partial charge is 0.162 e. The number of hydrogen-bond donors (Lipinski definition) is 0. The molecule has 0 aliphatic carbocycles. The van der Waals surface area contributed by atoms with Gasteiger partial charge in [-0.3, -0.25) is 0 Å². The van der Waals surface area contributed by atoms with E-state index < -0.39 is 0 Å². The van der Waals surface area contributed by atoms with Gasteiger partial charge in [0.05, 0.1) is 28.1 Å². The third-order valence-electron chi connectivity index (χ3n) is 8.44. The van der Waals surface area contributed by atoms with Crippen molar-refractivity contribution in [2.45, 2.75) is 0 Å². The maximum Gasteiger partial charge on any atom is 0.162 e. The number of rotatable bonds is 4. The molecule has 0 amide bonds. The minimum atomic E-state index is 0.659. The van der Waals surface area contributed by atoms with Crippen LogP contribution in [0.25, 0.3) is 83.3 Å². The number of nitrogens with zero attached hydrogens (tertiary/aromatic N) is 3. The molecule has 0 N–H and O–H groups in total. The van der Waals surface area contributed by atoms with E-state index in [0.717, 1.165) is 66.7 Å². The average Bonchev–Trinajstić information content (AvgIpc) is 3.64. The molecule has 0 unspecified atom stereocenters. The topological polar surface area (TPSA) is 43.9 Å². The predicted molar refractivity (Wildman–Crippen MR) is 180 cm³/mol. The Morgan fingerprint density at radius 3 is 1.84 bits per heavy atom. The fourth-order valence-corrected chi connectivity index (χ4v) is 6.45. The SMILES string of the molecule is c1ccc(-c2cc(-c3cccc4c3oc3ccccc34)nc(-c3ccccc3-n3c4ccccc4c4ccccc43)n2)cc1. The predicted octanol–water partition coefficient (Wildman–Crippen LogP) is 10.5. The van der Waals surface area contributed by atoms with Crippen molar-refractivity contribution in [3.63, 3.8) is 0 Å². The molecule has 0 aliphatic heterocycles. The minimum Gasteiger partial charge on any atom is -0.455 e. The first-order chi connectivity index (χ1) is 21.8. The molecule has 0 atom stereocenters. The third-order valence-corrected chi connectivity index (χ3v) is 8.44. The molecule has 4 nitrogen and oxygen atoms in total. The van der Waals surface area contributed by atoms with Crippen LogP contribution in [-0.4, -0.2) is 14.5 Å². The van der Waals surface area contributed by atoms with E-state index >= 15 is 0 Å². The van der Waals surface area contributed by atoms with Gasteiger partial charge in [0.2, 0.25) is 0 Å². The molecule has 0 saturated heterocycles. The molecule has 9 rings (SSSR count). The summed E-state index contributed by atoms with van der Waals surface area (Å²) in [5, 5.41) is 4.60. The summed E-state index contributed by atoms with van der Waals surface area (Å²) in [7, 11) is 0. The summed E-state index contributed by atoms with van der Waals surface area (Å²) in [4.78, 5) is 10.5. The van der Waals surface area contributed by atoms with E-state index in [0.29, 0.717) is 5.82 Å². The highest BCUT2D eigenvalue weighted by atomic mass is 16.3. The van der Waals surface area contributed by atoms with Crippen LogP contribution in [0.2, 0.25) is 0 Å². The van der Waals surface area contributed by atoms with E-state index in [1.54, 1.807) is 0 Å². The van der Waals surface area contributed by atoms with Crippen LogP contribution >= 0.6 is 0 Å². The summed E-state index contributed by atoms with van der Waals surface area (Å²) < 4.78 is 8.78. The first-order valence-corrected chi connectivity index (χ1v) is 14.8. The van der Waals surface area contributed by atoms with Crippen LogP contribution < -0.4 is 0 Å². The van der Waals surface area contributed by atoms with Gasteiger partial charge in [0.25, 0.3) is 0 Å². The van der Waals surface area contributed by atoms with E-state index in [2.05, 4.69) is 120 Å². The van der Waals surface area contributed by atoms with Crippen LogP contribution in [0.1, 0.15) is 0 Å². The first-order valence-electron chi connectivity index (χ1n) is 14.8. The fourth-order valence-electron chi connectivity index (χ4n) is 6.45. The number of furan rings is 1. The highest BCUT2D eigenvalue weighted by Crippen LogP contribution is 2.39. The van der Waals surface area contributed by atoms with Crippen LogP contribution in [0.15, 0.2) is 156 Å². The van der Waals surface area contributed by atoms with E-state index in [-0.39, 0.29) is 0 Å². The van der Waals surface area contributed by atoms with Crippen LogP contribution in [-0.2, 0) is 0 Å². The Morgan fingerprint density at radius 1 is 0.455 bits per heavy atom. The molecule has 0 bridgehead atoms. The quantitative estimate of drug-likeness (QED) is 0.214. The molecule has 0 saturated carbocycles. The zero-order valence-corrected chi connectivity index (χ0v) is 23.7. The maximum absolute atomic E-state index is 6.44. The molecule has 6 aromatic carbocycles. The van der Waals surface area contributed by atoms with Gasteiger partial charge < -0.3 is 8.98 Å². The molecule has 4 heteroatoms. The van der Waals surface area contributed by atoms with E-state index in [9.17, 15) is 0 Å². The summed E-state index contributed by atoms with van der Waals surface area (Å²) in [5.74, 6) is 0.659. The Kier molecular flexibility index (Phi) is 5.47. The van der Waals surface area contributed by atoms with Gasteiger partial charge >= 0.3 is 0 Å². The van der Waals surface area contributed by atoms with Crippen LogP contribution in [0.3, 0.4) is 0 Å². The van der Waals surface area contributed by atoms with E-state index in [1.807, 2.05) is 36.4 Å². The van der Waals surface area contributed by atoms with Gasteiger partial charge in [0.15, 0.2) is 5.82 Å². The number of aromatic nitrogens is 3. The molecular weight excluding hydrogens is 538 g/mol. The monoisotopic (exact) mass is 563 g/mol. The van der Waals surface area contributed by atoms with Crippen molar-refractivity contribution in [3.8, 4) is 39.6 Å². The molecule has 0 aliphatic rings. The average molecular weight is 564 g/mol. The molecule has 0 fully saturated rings.